The number of methoxy groups -OCH3 is 1. The summed E-state index contributed by atoms with van der Waals surface area (Å²) in [6.07, 6.45) is -5.92. The molecule has 2 aliphatic carbocycles. The van der Waals surface area contributed by atoms with Crippen LogP contribution in [0.4, 0.5) is 0 Å². The largest absolute Gasteiger partial charge is 0.459 e. The predicted octanol–water partition coefficient (Wildman–Crippen LogP) is -0.715. The van der Waals surface area contributed by atoms with Crippen LogP contribution in [0.3, 0.4) is 0 Å². The highest BCUT2D eigenvalue weighted by molar-refractivity contribution is 5.94. The van der Waals surface area contributed by atoms with Crippen LogP contribution in [0.15, 0.2) is 0 Å². The summed E-state index contributed by atoms with van der Waals surface area (Å²) in [5.41, 5.74) is -7.69. The van der Waals surface area contributed by atoms with Crippen molar-refractivity contribution in [3.63, 3.8) is 0 Å². The summed E-state index contributed by atoms with van der Waals surface area (Å²) in [7, 11) is 1.36. The van der Waals surface area contributed by atoms with E-state index >= 15 is 0 Å². The second kappa shape index (κ2) is 5.08. The third-order valence-corrected chi connectivity index (χ3v) is 9.20. The Morgan fingerprint density at radius 2 is 1.77 bits per heavy atom. The summed E-state index contributed by atoms with van der Waals surface area (Å²) in [4.78, 5) is 38.8. The first-order valence-electron chi connectivity index (χ1n) is 10.6. The number of aliphatic hydroxyl groups is 2. The van der Waals surface area contributed by atoms with Crippen molar-refractivity contribution in [1.29, 1.82) is 0 Å². The van der Waals surface area contributed by atoms with Crippen LogP contribution in [0.2, 0.25) is 0 Å². The third-order valence-electron chi connectivity index (χ3n) is 9.20. The lowest BCUT2D eigenvalue weighted by Crippen LogP contribution is -2.67. The van der Waals surface area contributed by atoms with E-state index in [1.807, 2.05) is 20.8 Å². The lowest BCUT2D eigenvalue weighted by atomic mass is 9.51. The number of aliphatic hydroxyl groups excluding tert-OH is 1. The number of esters is 3. The standard InChI is InChI=1S/C21H26O10/c1-7-13(23)29-11-10(22)19-9-6-8(17(2,3)4)18(19)12(27-5)14(24)30-16(18)31-21(19,15(25)28-9)20(7,11)26/h7-12,16,22,26H,6H2,1-5H3/t7-,8+,9-,10-,11+,12+,16+,18+,19+,20-,21-/m1/s1. The van der Waals surface area contributed by atoms with Crippen molar-refractivity contribution in [2.24, 2.45) is 28.1 Å². The van der Waals surface area contributed by atoms with Gasteiger partial charge in [0.1, 0.15) is 12.2 Å². The summed E-state index contributed by atoms with van der Waals surface area (Å²) >= 11 is 0. The van der Waals surface area contributed by atoms with Gasteiger partial charge in [-0.2, -0.15) is 0 Å². The number of ether oxygens (including phenoxy) is 5. The molecule has 4 aliphatic heterocycles. The van der Waals surface area contributed by atoms with Gasteiger partial charge < -0.3 is 33.9 Å². The lowest BCUT2D eigenvalue weighted by molar-refractivity contribution is -0.239. The van der Waals surface area contributed by atoms with Crippen molar-refractivity contribution in [1.82, 2.24) is 0 Å². The summed E-state index contributed by atoms with van der Waals surface area (Å²) in [6, 6.07) is 0. The number of hydrogen-bond acceptors (Lipinski definition) is 10. The van der Waals surface area contributed by atoms with E-state index in [1.165, 1.54) is 14.0 Å². The zero-order valence-electron chi connectivity index (χ0n) is 17.9. The van der Waals surface area contributed by atoms with Gasteiger partial charge in [-0.15, -0.1) is 0 Å². The van der Waals surface area contributed by atoms with Crippen LogP contribution >= 0.6 is 0 Å². The monoisotopic (exact) mass is 438 g/mol. The average Bonchev–Trinajstić information content (AvgIpc) is 3.38. The van der Waals surface area contributed by atoms with E-state index in [9.17, 15) is 24.6 Å². The molecule has 0 aromatic heterocycles. The third kappa shape index (κ3) is 1.49. The first-order valence-corrected chi connectivity index (χ1v) is 10.6. The van der Waals surface area contributed by atoms with Gasteiger partial charge in [-0.1, -0.05) is 20.8 Å². The van der Waals surface area contributed by atoms with Crippen LogP contribution in [0.25, 0.3) is 0 Å². The molecule has 6 aliphatic rings. The van der Waals surface area contributed by atoms with Crippen molar-refractivity contribution in [3.05, 3.63) is 0 Å². The van der Waals surface area contributed by atoms with Crippen LogP contribution in [-0.2, 0) is 38.1 Å². The van der Waals surface area contributed by atoms with E-state index in [4.69, 9.17) is 23.7 Å². The SMILES string of the molecule is CO[C@H]1C(=O)O[C@H]2O[C@]34C(=O)O[C@@H]5C[C@@H](C(C)(C)C)[C@@]21[C@@]53[C@H](O)[C@@H]1OC(=O)[C@@H](C)[C@@]14O. The maximum Gasteiger partial charge on any atom is 0.343 e. The zero-order chi connectivity index (χ0) is 22.5. The van der Waals surface area contributed by atoms with Crippen LogP contribution in [-0.4, -0.2) is 77.1 Å². The predicted molar refractivity (Wildman–Crippen MR) is 96.8 cm³/mol. The summed E-state index contributed by atoms with van der Waals surface area (Å²) in [6.45, 7) is 7.39. The summed E-state index contributed by atoms with van der Waals surface area (Å²) < 4.78 is 28.7. The van der Waals surface area contributed by atoms with E-state index in [1.54, 1.807) is 0 Å². The van der Waals surface area contributed by atoms with Gasteiger partial charge >= 0.3 is 17.9 Å². The van der Waals surface area contributed by atoms with Crippen molar-refractivity contribution in [2.45, 2.75) is 76.0 Å². The van der Waals surface area contributed by atoms with Crippen LogP contribution in [0.5, 0.6) is 0 Å². The van der Waals surface area contributed by atoms with Crippen LogP contribution in [0, 0.1) is 28.1 Å². The first-order chi connectivity index (χ1) is 14.4. The van der Waals surface area contributed by atoms with E-state index in [2.05, 4.69) is 0 Å². The fraction of sp³-hybridized carbons (Fsp3) is 0.857. The molecule has 4 saturated heterocycles. The topological polar surface area (TPSA) is 138 Å². The van der Waals surface area contributed by atoms with E-state index in [0.717, 1.165) is 0 Å². The Balaban J connectivity index is 1.72. The molecule has 11 atom stereocenters. The van der Waals surface area contributed by atoms with Crippen molar-refractivity contribution < 1.29 is 48.3 Å². The summed E-state index contributed by atoms with van der Waals surface area (Å²) in [5.74, 6) is -3.79. The van der Waals surface area contributed by atoms with Gasteiger partial charge in [-0.25, -0.2) is 9.59 Å². The maximum atomic E-state index is 13.5. The molecule has 2 N–H and O–H groups in total. The second-order valence-corrected chi connectivity index (χ2v) is 10.9. The molecule has 0 aromatic rings. The molecule has 4 heterocycles. The molecule has 6 rings (SSSR count). The fourth-order valence-electron chi connectivity index (χ4n) is 8.38. The molecule has 2 saturated carbocycles. The smallest absolute Gasteiger partial charge is 0.343 e. The van der Waals surface area contributed by atoms with E-state index in [0.29, 0.717) is 6.42 Å². The Morgan fingerprint density at radius 1 is 1.10 bits per heavy atom. The normalized spacial score (nSPS) is 58.5. The number of fused-ring (bicyclic) bond motifs is 1. The van der Waals surface area contributed by atoms with Gasteiger partial charge in [0, 0.05) is 7.11 Å². The molecule has 0 amide bonds. The van der Waals surface area contributed by atoms with Gasteiger partial charge in [-0.05, 0) is 24.7 Å². The molecule has 0 aromatic carbocycles. The Kier molecular flexibility index (Phi) is 3.26. The minimum atomic E-state index is -2.19. The van der Waals surface area contributed by atoms with Gasteiger partial charge in [0.15, 0.2) is 17.8 Å². The number of carbonyl (C=O) groups excluding carboxylic acids is 3. The first kappa shape index (κ1) is 19.9. The van der Waals surface area contributed by atoms with Gasteiger partial charge in [0.2, 0.25) is 11.9 Å². The van der Waals surface area contributed by atoms with Crippen molar-refractivity contribution >= 4 is 17.9 Å². The van der Waals surface area contributed by atoms with Crippen molar-refractivity contribution in [3.8, 4) is 0 Å². The van der Waals surface area contributed by atoms with Crippen LogP contribution < -0.4 is 0 Å². The molecule has 31 heavy (non-hydrogen) atoms. The molecule has 10 heteroatoms. The molecular weight excluding hydrogens is 412 g/mol. The molecule has 0 bridgehead atoms. The number of carbonyl (C=O) groups is 3. The maximum absolute atomic E-state index is 13.5. The molecule has 0 radical (unpaired) electrons. The Bertz CT molecular complexity index is 941. The number of hydrogen-bond donors (Lipinski definition) is 2. The van der Waals surface area contributed by atoms with E-state index in [-0.39, 0.29) is 5.92 Å². The average molecular weight is 438 g/mol. The Hall–Kier alpha value is -1.75. The number of rotatable bonds is 1. The van der Waals surface area contributed by atoms with Gasteiger partial charge in [0.25, 0.3) is 0 Å². The highest BCUT2D eigenvalue weighted by atomic mass is 16.8. The molecule has 10 nitrogen and oxygen atoms in total. The lowest BCUT2D eigenvalue weighted by Gasteiger charge is -2.48. The Labute approximate surface area is 178 Å². The van der Waals surface area contributed by atoms with Crippen molar-refractivity contribution in [2.75, 3.05) is 7.11 Å². The molecule has 6 fully saturated rings. The molecule has 170 valence electrons. The highest BCUT2D eigenvalue weighted by Crippen LogP contribution is 2.84. The molecule has 0 unspecified atom stereocenters. The fourth-order valence-corrected chi connectivity index (χ4v) is 8.38. The Morgan fingerprint density at radius 3 is 2.39 bits per heavy atom. The minimum absolute atomic E-state index is 0.315. The quantitative estimate of drug-likeness (QED) is 0.399. The zero-order valence-corrected chi connectivity index (χ0v) is 17.9. The second-order valence-electron chi connectivity index (χ2n) is 10.9. The van der Waals surface area contributed by atoms with Gasteiger partial charge in [-0.3, -0.25) is 4.79 Å². The van der Waals surface area contributed by atoms with Crippen LogP contribution in [0.1, 0.15) is 34.1 Å². The van der Waals surface area contributed by atoms with Gasteiger partial charge in [0.05, 0.1) is 16.7 Å². The van der Waals surface area contributed by atoms with E-state index < -0.39 is 82.0 Å². The highest BCUT2D eigenvalue weighted by Gasteiger charge is 3.04. The minimum Gasteiger partial charge on any atom is -0.459 e. The summed E-state index contributed by atoms with van der Waals surface area (Å²) in [5, 5.41) is 23.7. The molecule has 2 spiro atoms. The molecular formula is C21H26O10.